The molecule has 7 nitrogen and oxygen atoms in total. The Morgan fingerprint density at radius 1 is 1.22 bits per heavy atom. The molecule has 0 radical (unpaired) electrons. The first kappa shape index (κ1) is 24.5. The van der Waals surface area contributed by atoms with Crippen LogP contribution < -0.4 is 10.9 Å². The van der Waals surface area contributed by atoms with Gasteiger partial charge in [0.2, 0.25) is 5.91 Å². The fraction of sp³-hybridized carbons (Fsp3) is 0.364. The van der Waals surface area contributed by atoms with E-state index < -0.39 is 11.2 Å². The van der Waals surface area contributed by atoms with Gasteiger partial charge in [0.05, 0.1) is 10.8 Å². The van der Waals surface area contributed by atoms with Crippen LogP contribution in [0.3, 0.4) is 0 Å². The van der Waals surface area contributed by atoms with Crippen molar-refractivity contribution >= 4 is 66.8 Å². The maximum Gasteiger partial charge on any atom is 0.303 e. The van der Waals surface area contributed by atoms with Crippen LogP contribution in [0.1, 0.15) is 39.0 Å². The van der Waals surface area contributed by atoms with Gasteiger partial charge in [-0.25, -0.2) is 4.98 Å². The highest BCUT2D eigenvalue weighted by Gasteiger charge is 2.22. The minimum Gasteiger partial charge on any atom is -0.481 e. The summed E-state index contributed by atoms with van der Waals surface area (Å²) in [4.78, 5) is 41.3. The number of nitrogens with one attached hydrogen (secondary N) is 1. The maximum atomic E-state index is 13.1. The number of fused-ring (bicyclic) bond motifs is 1. The smallest absolute Gasteiger partial charge is 0.303 e. The molecule has 0 spiro atoms. The first-order chi connectivity index (χ1) is 15.4. The molecule has 1 aromatic carbocycles. The van der Waals surface area contributed by atoms with E-state index in [1.165, 1.54) is 23.1 Å². The van der Waals surface area contributed by atoms with Crippen LogP contribution in [0.25, 0.3) is 10.2 Å². The van der Waals surface area contributed by atoms with Crippen molar-refractivity contribution in [2.45, 2.75) is 56.0 Å². The second-order valence-electron chi connectivity index (χ2n) is 7.20. The Balaban J connectivity index is 1.78. The molecule has 1 amide bonds. The summed E-state index contributed by atoms with van der Waals surface area (Å²) in [5.74, 6) is -0.963. The molecule has 170 valence electrons. The number of hydrogen-bond acceptors (Lipinski definition) is 6. The summed E-state index contributed by atoms with van der Waals surface area (Å²) < 4.78 is 3.14. The first-order valence-corrected chi connectivity index (χ1v) is 12.9. The second kappa shape index (κ2) is 11.6. The number of rotatable bonds is 11. The average Bonchev–Trinajstić information content (AvgIpc) is 3.23. The minimum atomic E-state index is -0.817. The number of thiophene rings is 1. The van der Waals surface area contributed by atoms with Gasteiger partial charge in [-0.2, -0.15) is 0 Å². The highest BCUT2D eigenvalue weighted by molar-refractivity contribution is 9.10. The molecule has 10 heteroatoms. The second-order valence-corrected chi connectivity index (χ2v) is 10.2. The van der Waals surface area contributed by atoms with E-state index in [-0.39, 0.29) is 17.9 Å². The summed E-state index contributed by atoms with van der Waals surface area (Å²) in [6.45, 7) is 2.36. The molecule has 0 saturated carbocycles. The molecule has 3 aromatic rings. The van der Waals surface area contributed by atoms with Crippen LogP contribution in [0.2, 0.25) is 0 Å². The number of amides is 1. The average molecular weight is 538 g/mol. The molecule has 1 unspecified atom stereocenters. The predicted molar refractivity (Wildman–Crippen MR) is 133 cm³/mol. The third-order valence-electron chi connectivity index (χ3n) is 4.83. The Morgan fingerprint density at radius 2 is 1.97 bits per heavy atom. The number of unbranched alkanes of at least 4 members (excludes halogenated alkanes) is 2. The molecule has 0 fully saturated rings. The van der Waals surface area contributed by atoms with Gasteiger partial charge in [-0.3, -0.25) is 19.0 Å². The Kier molecular flexibility index (Phi) is 8.89. The highest BCUT2D eigenvalue weighted by atomic mass is 79.9. The fourth-order valence-electron chi connectivity index (χ4n) is 3.14. The first-order valence-electron chi connectivity index (χ1n) is 10.3. The van der Waals surface area contributed by atoms with Crippen molar-refractivity contribution in [1.29, 1.82) is 0 Å². The predicted octanol–water partition coefficient (Wildman–Crippen LogP) is 5.37. The highest BCUT2D eigenvalue weighted by Crippen LogP contribution is 2.27. The Labute approximate surface area is 202 Å². The lowest BCUT2D eigenvalue weighted by atomic mass is 10.2. The van der Waals surface area contributed by atoms with Crippen LogP contribution in [0.4, 0.5) is 5.69 Å². The summed E-state index contributed by atoms with van der Waals surface area (Å²) in [5, 5.41) is 13.7. The van der Waals surface area contributed by atoms with E-state index in [0.29, 0.717) is 53.3 Å². The zero-order valence-corrected chi connectivity index (χ0v) is 20.8. The van der Waals surface area contributed by atoms with Crippen LogP contribution in [-0.4, -0.2) is 31.8 Å². The molecule has 2 heterocycles. The molecule has 0 aliphatic rings. The third-order valence-corrected chi connectivity index (χ3v) is 7.60. The van der Waals surface area contributed by atoms with Crippen LogP contribution in [0.5, 0.6) is 0 Å². The molecule has 2 N–H and O–H groups in total. The van der Waals surface area contributed by atoms with Crippen molar-refractivity contribution in [1.82, 2.24) is 9.55 Å². The Morgan fingerprint density at radius 3 is 2.66 bits per heavy atom. The van der Waals surface area contributed by atoms with E-state index in [2.05, 4.69) is 26.2 Å². The quantitative estimate of drug-likeness (QED) is 0.193. The Hall–Kier alpha value is -2.17. The molecular weight excluding hydrogens is 514 g/mol. The molecule has 0 aliphatic heterocycles. The van der Waals surface area contributed by atoms with E-state index in [1.54, 1.807) is 4.57 Å². The third kappa shape index (κ3) is 6.43. The molecule has 1 atom stereocenters. The molecule has 2 aromatic heterocycles. The number of anilines is 1. The molecular formula is C22H24BrN3O4S2. The SMILES string of the molecule is CCC(Sc1nc2ccsc2c(=O)n1CCCCCC(=O)O)C(=O)Nc1ccc(Br)cc1. The van der Waals surface area contributed by atoms with Gasteiger partial charge in [0.25, 0.3) is 5.56 Å². The number of aromatic nitrogens is 2. The van der Waals surface area contributed by atoms with Crippen molar-refractivity contribution in [3.63, 3.8) is 0 Å². The number of aliphatic carboxylic acids is 1. The van der Waals surface area contributed by atoms with E-state index in [9.17, 15) is 14.4 Å². The van der Waals surface area contributed by atoms with Crippen molar-refractivity contribution in [2.24, 2.45) is 0 Å². The van der Waals surface area contributed by atoms with Gasteiger partial charge in [0.1, 0.15) is 4.70 Å². The minimum absolute atomic E-state index is 0.117. The number of carboxylic acids is 1. The molecule has 0 saturated heterocycles. The van der Waals surface area contributed by atoms with Gasteiger partial charge >= 0.3 is 5.97 Å². The number of carboxylic acid groups (broad SMARTS) is 1. The largest absolute Gasteiger partial charge is 0.481 e. The summed E-state index contributed by atoms with van der Waals surface area (Å²) in [6.07, 6.45) is 2.62. The van der Waals surface area contributed by atoms with Crippen molar-refractivity contribution in [2.75, 3.05) is 5.32 Å². The number of carbonyl (C=O) groups excluding carboxylic acids is 1. The standard InChI is InChI=1S/C22H24BrN3O4S2/c1-2-17(20(29)24-15-9-7-14(23)8-10-15)32-22-25-16-11-13-31-19(16)21(30)26(22)12-5-3-4-6-18(27)28/h7-11,13,17H,2-6,12H2,1H3,(H,24,29)(H,27,28). The number of nitrogens with zero attached hydrogens (tertiary/aromatic N) is 2. The van der Waals surface area contributed by atoms with Crippen LogP contribution in [0, 0.1) is 0 Å². The van der Waals surface area contributed by atoms with Crippen molar-refractivity contribution < 1.29 is 14.7 Å². The molecule has 32 heavy (non-hydrogen) atoms. The zero-order valence-electron chi connectivity index (χ0n) is 17.5. The normalized spacial score (nSPS) is 12.1. The number of thioether (sulfide) groups is 1. The van der Waals surface area contributed by atoms with E-state index in [1.807, 2.05) is 42.6 Å². The lowest BCUT2D eigenvalue weighted by Gasteiger charge is -2.17. The lowest BCUT2D eigenvalue weighted by Crippen LogP contribution is -2.28. The van der Waals surface area contributed by atoms with E-state index in [0.717, 1.165) is 4.47 Å². The van der Waals surface area contributed by atoms with Gasteiger partial charge in [-0.15, -0.1) is 11.3 Å². The number of halogens is 1. The van der Waals surface area contributed by atoms with Crippen molar-refractivity contribution in [3.8, 4) is 0 Å². The van der Waals surface area contributed by atoms with Crippen LogP contribution in [-0.2, 0) is 16.1 Å². The number of benzene rings is 1. The number of hydrogen-bond donors (Lipinski definition) is 2. The van der Waals surface area contributed by atoms with Gasteiger partial charge < -0.3 is 10.4 Å². The van der Waals surface area contributed by atoms with Crippen LogP contribution >= 0.6 is 39.0 Å². The van der Waals surface area contributed by atoms with Crippen molar-refractivity contribution in [3.05, 3.63) is 50.5 Å². The van der Waals surface area contributed by atoms with Gasteiger partial charge in [0, 0.05) is 23.1 Å². The summed E-state index contributed by atoms with van der Waals surface area (Å²) in [5.41, 5.74) is 1.22. The summed E-state index contributed by atoms with van der Waals surface area (Å²) in [7, 11) is 0. The lowest BCUT2D eigenvalue weighted by molar-refractivity contribution is -0.137. The van der Waals surface area contributed by atoms with Gasteiger partial charge in [-0.05, 0) is 55.0 Å². The van der Waals surface area contributed by atoms with E-state index in [4.69, 9.17) is 5.11 Å². The molecule has 0 aliphatic carbocycles. The van der Waals surface area contributed by atoms with E-state index >= 15 is 0 Å². The Bertz CT molecular complexity index is 1140. The molecule has 3 rings (SSSR count). The monoisotopic (exact) mass is 537 g/mol. The van der Waals surface area contributed by atoms with Gasteiger partial charge in [-0.1, -0.05) is 41.0 Å². The number of carbonyl (C=O) groups is 2. The van der Waals surface area contributed by atoms with Crippen LogP contribution in [0.15, 0.2) is 50.1 Å². The summed E-state index contributed by atoms with van der Waals surface area (Å²) >= 11 is 6.02. The summed E-state index contributed by atoms with van der Waals surface area (Å²) in [6, 6.07) is 9.17. The topological polar surface area (TPSA) is 101 Å². The fourth-order valence-corrected chi connectivity index (χ4v) is 5.22. The molecule has 0 bridgehead atoms. The zero-order chi connectivity index (χ0) is 23.1. The maximum absolute atomic E-state index is 13.1. The van der Waals surface area contributed by atoms with Gasteiger partial charge in [0.15, 0.2) is 5.16 Å².